The highest BCUT2D eigenvalue weighted by atomic mass is 19.1. The lowest BCUT2D eigenvalue weighted by Crippen LogP contribution is -2.52. The van der Waals surface area contributed by atoms with E-state index in [-0.39, 0.29) is 5.55 Å². The van der Waals surface area contributed by atoms with Crippen molar-refractivity contribution >= 4 is 23.1 Å². The number of nitrogens with zero attached hydrogens (tertiary/aromatic N) is 2. The average molecular weight is 380 g/mol. The molecule has 1 atom stereocenters. The first-order valence-electron chi connectivity index (χ1n) is 8.47. The number of halogens is 1. The van der Waals surface area contributed by atoms with Crippen molar-refractivity contribution in [1.82, 2.24) is 0 Å². The highest BCUT2D eigenvalue weighted by molar-refractivity contribution is 5.98. The number of nitrogens with two attached hydrogens (primary N) is 1. The maximum atomic E-state index is 13.5. The molecule has 1 aromatic heterocycles. The normalized spacial score (nSPS) is 15.6. The van der Waals surface area contributed by atoms with Gasteiger partial charge in [0, 0.05) is 11.4 Å². The monoisotopic (exact) mass is 380 g/mol. The van der Waals surface area contributed by atoms with Gasteiger partial charge in [0.05, 0.1) is 18.6 Å². The Labute approximate surface area is 159 Å². The fraction of sp³-hybridized carbons (Fsp3) is 0.100. The van der Waals surface area contributed by atoms with E-state index in [1.807, 2.05) is 0 Å². The van der Waals surface area contributed by atoms with Gasteiger partial charge in [0.2, 0.25) is 11.7 Å². The SMILES string of the molecule is COc1ccc(N2C(N)=c3ccoc3=NC2C(=O)Nc2cccc(F)c2)cc1. The van der Waals surface area contributed by atoms with Crippen LogP contribution >= 0.6 is 0 Å². The predicted octanol–water partition coefficient (Wildman–Crippen LogP) is 1.56. The van der Waals surface area contributed by atoms with Crippen LogP contribution in [0.15, 0.2) is 70.3 Å². The van der Waals surface area contributed by atoms with Crippen molar-refractivity contribution in [1.29, 1.82) is 0 Å². The van der Waals surface area contributed by atoms with E-state index in [0.717, 1.165) is 0 Å². The van der Waals surface area contributed by atoms with Crippen LogP contribution in [0.5, 0.6) is 5.75 Å². The Balaban J connectivity index is 1.75. The quantitative estimate of drug-likeness (QED) is 0.717. The van der Waals surface area contributed by atoms with Crippen LogP contribution in [-0.2, 0) is 4.79 Å². The third-order valence-corrected chi connectivity index (χ3v) is 4.34. The summed E-state index contributed by atoms with van der Waals surface area (Å²) in [4.78, 5) is 18.9. The van der Waals surface area contributed by atoms with Crippen molar-refractivity contribution in [3.63, 3.8) is 0 Å². The van der Waals surface area contributed by atoms with Gasteiger partial charge < -0.3 is 20.2 Å². The first kappa shape index (κ1) is 17.6. The summed E-state index contributed by atoms with van der Waals surface area (Å²) >= 11 is 0. The van der Waals surface area contributed by atoms with Gasteiger partial charge in [-0.05, 0) is 48.5 Å². The van der Waals surface area contributed by atoms with Crippen molar-refractivity contribution in [3.05, 3.63) is 77.5 Å². The van der Waals surface area contributed by atoms with E-state index in [0.29, 0.717) is 28.2 Å². The number of furan rings is 1. The number of fused-ring (bicyclic) bond motifs is 1. The second kappa shape index (κ2) is 7.07. The Hall–Kier alpha value is -3.81. The van der Waals surface area contributed by atoms with E-state index in [9.17, 15) is 9.18 Å². The Morgan fingerprint density at radius 2 is 2.04 bits per heavy atom. The van der Waals surface area contributed by atoms with Crippen molar-refractivity contribution < 1.29 is 18.3 Å². The minimum atomic E-state index is -1.03. The van der Waals surface area contributed by atoms with Crippen LogP contribution in [0, 0.1) is 5.82 Å². The number of rotatable bonds is 4. The van der Waals surface area contributed by atoms with E-state index in [4.69, 9.17) is 14.9 Å². The molecule has 8 heteroatoms. The number of carbonyl (C=O) groups excluding carboxylic acids is 1. The number of ether oxygens (including phenoxy) is 1. The van der Waals surface area contributed by atoms with E-state index in [2.05, 4.69) is 10.3 Å². The van der Waals surface area contributed by atoms with Gasteiger partial charge in [-0.3, -0.25) is 9.69 Å². The molecule has 1 aliphatic heterocycles. The number of hydrogen-bond donors (Lipinski definition) is 2. The second-order valence-corrected chi connectivity index (χ2v) is 6.10. The lowest BCUT2D eigenvalue weighted by atomic mass is 10.2. The van der Waals surface area contributed by atoms with Crippen LogP contribution in [0.3, 0.4) is 0 Å². The molecule has 3 N–H and O–H groups in total. The standard InChI is InChI=1S/C20H17FN4O3/c1-27-15-7-5-14(6-8-15)25-17(22)16-9-10-28-20(16)24-18(25)19(26)23-13-4-2-3-12(21)11-13/h2-11,18H,22H2,1H3,(H,23,26). The number of hydrogen-bond acceptors (Lipinski definition) is 6. The van der Waals surface area contributed by atoms with Crippen molar-refractivity contribution in [3.8, 4) is 5.75 Å². The first-order chi connectivity index (χ1) is 13.6. The zero-order valence-corrected chi connectivity index (χ0v) is 14.9. The summed E-state index contributed by atoms with van der Waals surface area (Å²) in [5.74, 6) is 0.0561. The summed E-state index contributed by atoms with van der Waals surface area (Å²) in [5.41, 5.74) is 7.56. The number of methoxy groups -OCH3 is 1. The summed E-state index contributed by atoms with van der Waals surface area (Å²) in [7, 11) is 1.57. The molecule has 2 aromatic carbocycles. The molecular formula is C20H17FN4O3. The van der Waals surface area contributed by atoms with Crippen LogP contribution in [0.2, 0.25) is 0 Å². The van der Waals surface area contributed by atoms with Crippen molar-refractivity contribution in [2.75, 3.05) is 17.3 Å². The molecule has 0 fully saturated rings. The van der Waals surface area contributed by atoms with E-state index >= 15 is 0 Å². The molecule has 142 valence electrons. The lowest BCUT2D eigenvalue weighted by molar-refractivity contribution is -0.117. The summed E-state index contributed by atoms with van der Waals surface area (Å²) in [6.45, 7) is 0. The molecule has 4 rings (SSSR count). The molecule has 0 aliphatic carbocycles. The van der Waals surface area contributed by atoms with E-state index in [1.54, 1.807) is 48.4 Å². The van der Waals surface area contributed by atoms with Crippen LogP contribution in [0.1, 0.15) is 0 Å². The van der Waals surface area contributed by atoms with Gasteiger partial charge in [-0.25, -0.2) is 9.38 Å². The second-order valence-electron chi connectivity index (χ2n) is 6.10. The molecule has 1 unspecified atom stereocenters. The van der Waals surface area contributed by atoms with Gasteiger partial charge >= 0.3 is 0 Å². The predicted molar refractivity (Wildman–Crippen MR) is 101 cm³/mol. The van der Waals surface area contributed by atoms with E-state index < -0.39 is 17.9 Å². The van der Waals surface area contributed by atoms with Gasteiger partial charge in [0.1, 0.15) is 17.4 Å². The van der Waals surface area contributed by atoms with Gasteiger partial charge in [0.15, 0.2) is 0 Å². The summed E-state index contributed by atoms with van der Waals surface area (Å²) in [6, 6.07) is 14.4. The fourth-order valence-corrected chi connectivity index (χ4v) is 3.00. The average Bonchev–Trinajstić information content (AvgIpc) is 3.17. The molecule has 1 amide bonds. The van der Waals surface area contributed by atoms with Crippen molar-refractivity contribution in [2.24, 2.45) is 10.7 Å². The Morgan fingerprint density at radius 1 is 1.25 bits per heavy atom. The third-order valence-electron chi connectivity index (χ3n) is 4.34. The molecule has 28 heavy (non-hydrogen) atoms. The molecule has 0 radical (unpaired) electrons. The minimum Gasteiger partial charge on any atom is -0.497 e. The van der Waals surface area contributed by atoms with Gasteiger partial charge in [-0.1, -0.05) is 6.07 Å². The Kier molecular flexibility index (Phi) is 4.44. The topological polar surface area (TPSA) is 93.1 Å². The van der Waals surface area contributed by atoms with Crippen molar-refractivity contribution in [2.45, 2.75) is 6.17 Å². The number of nitrogens with one attached hydrogen (secondary N) is 1. The van der Waals surface area contributed by atoms with Crippen LogP contribution in [0.25, 0.3) is 5.82 Å². The maximum absolute atomic E-state index is 13.5. The zero-order valence-electron chi connectivity index (χ0n) is 14.9. The smallest absolute Gasteiger partial charge is 0.270 e. The summed E-state index contributed by atoms with van der Waals surface area (Å²) in [5, 5.41) is 3.26. The molecule has 7 nitrogen and oxygen atoms in total. The summed E-state index contributed by atoms with van der Waals surface area (Å²) in [6.07, 6.45) is 0.426. The largest absolute Gasteiger partial charge is 0.497 e. The number of benzene rings is 2. The molecule has 2 heterocycles. The fourth-order valence-electron chi connectivity index (χ4n) is 3.00. The molecule has 0 saturated heterocycles. The molecule has 0 spiro atoms. The Bertz CT molecular complexity index is 1140. The zero-order chi connectivity index (χ0) is 19.7. The van der Waals surface area contributed by atoms with Crippen LogP contribution < -0.4 is 31.5 Å². The third kappa shape index (κ3) is 3.16. The molecule has 1 aliphatic rings. The first-order valence-corrected chi connectivity index (χ1v) is 8.47. The maximum Gasteiger partial charge on any atom is 0.270 e. The minimum absolute atomic E-state index is 0.265. The Morgan fingerprint density at radius 3 is 2.75 bits per heavy atom. The van der Waals surface area contributed by atoms with E-state index in [1.165, 1.54) is 24.5 Å². The van der Waals surface area contributed by atoms with Gasteiger partial charge in [-0.2, -0.15) is 0 Å². The molecular weight excluding hydrogens is 363 g/mol. The summed E-state index contributed by atoms with van der Waals surface area (Å²) < 4.78 is 24.0. The highest BCUT2D eigenvalue weighted by Gasteiger charge is 2.31. The molecule has 0 saturated carbocycles. The highest BCUT2D eigenvalue weighted by Crippen LogP contribution is 2.25. The van der Waals surface area contributed by atoms with Crippen LogP contribution in [-0.4, -0.2) is 19.2 Å². The number of anilines is 2. The van der Waals surface area contributed by atoms with Gasteiger partial charge in [-0.15, -0.1) is 0 Å². The molecule has 3 aromatic rings. The number of carbonyl (C=O) groups is 1. The van der Waals surface area contributed by atoms with Gasteiger partial charge in [0.25, 0.3) is 5.91 Å². The van der Waals surface area contributed by atoms with Crippen LogP contribution in [0.4, 0.5) is 15.8 Å². The lowest BCUT2D eigenvalue weighted by Gasteiger charge is -2.31. The number of amides is 1. The molecule has 0 bridgehead atoms.